The van der Waals surface area contributed by atoms with E-state index < -0.39 is 0 Å². The molecule has 0 fully saturated rings. The number of carbonyl (C=O) groups excluding carboxylic acids is 1. The first kappa shape index (κ1) is 14.9. The number of carbonyl (C=O) groups is 1. The van der Waals surface area contributed by atoms with Gasteiger partial charge in [0, 0.05) is 9.35 Å². The molecule has 1 amide bonds. The van der Waals surface area contributed by atoms with Crippen LogP contribution in [0.2, 0.25) is 9.36 Å². The Labute approximate surface area is 133 Å². The third-order valence-electron chi connectivity index (χ3n) is 2.56. The van der Waals surface area contributed by atoms with Crippen LogP contribution in [-0.2, 0) is 0 Å². The smallest absolute Gasteiger partial charge is 0.253 e. The summed E-state index contributed by atoms with van der Waals surface area (Å²) in [5.41, 5.74) is 0.450. The maximum Gasteiger partial charge on any atom is 0.253 e. The molecule has 1 aromatic heterocycles. The van der Waals surface area contributed by atoms with Crippen molar-refractivity contribution in [3.63, 3.8) is 0 Å². The van der Waals surface area contributed by atoms with Crippen LogP contribution in [-0.4, -0.2) is 5.91 Å². The fourth-order valence-electron chi connectivity index (χ4n) is 1.59. The van der Waals surface area contributed by atoms with Crippen molar-refractivity contribution in [2.75, 3.05) is 0 Å². The van der Waals surface area contributed by atoms with Crippen molar-refractivity contribution in [1.82, 2.24) is 5.32 Å². The van der Waals surface area contributed by atoms with E-state index in [2.05, 4.69) is 21.2 Å². The number of benzene rings is 1. The molecular formula is C13H10BrCl2NOS. The van der Waals surface area contributed by atoms with Gasteiger partial charge >= 0.3 is 0 Å². The van der Waals surface area contributed by atoms with Crippen LogP contribution in [0.5, 0.6) is 0 Å². The van der Waals surface area contributed by atoms with Gasteiger partial charge in [0.25, 0.3) is 5.91 Å². The van der Waals surface area contributed by atoms with Gasteiger partial charge in [0.15, 0.2) is 0 Å². The normalized spacial score (nSPS) is 12.2. The molecule has 1 heterocycles. The number of hydrogen-bond donors (Lipinski definition) is 1. The second-order valence-electron chi connectivity index (χ2n) is 3.94. The lowest BCUT2D eigenvalue weighted by Crippen LogP contribution is -2.26. The number of rotatable bonds is 3. The van der Waals surface area contributed by atoms with Crippen LogP contribution in [0.25, 0.3) is 0 Å². The van der Waals surface area contributed by atoms with Crippen LogP contribution in [0.15, 0.2) is 34.8 Å². The molecular weight excluding hydrogens is 369 g/mol. The Balaban J connectivity index is 2.15. The number of hydrogen-bond acceptors (Lipinski definition) is 2. The Kier molecular flexibility index (Phi) is 4.90. The number of thiophene rings is 1. The molecule has 6 heteroatoms. The summed E-state index contributed by atoms with van der Waals surface area (Å²) >= 11 is 16.7. The van der Waals surface area contributed by atoms with Crippen LogP contribution in [0, 0.1) is 0 Å². The SMILES string of the molecule is CC(NC(=O)c1cccc(Br)c1Cl)c1ccc(Cl)s1. The summed E-state index contributed by atoms with van der Waals surface area (Å²) in [5, 5.41) is 3.31. The number of nitrogens with one attached hydrogen (secondary N) is 1. The van der Waals surface area contributed by atoms with Crippen molar-refractivity contribution in [3.8, 4) is 0 Å². The van der Waals surface area contributed by atoms with Gasteiger partial charge in [-0.05, 0) is 47.1 Å². The molecule has 1 atom stereocenters. The van der Waals surface area contributed by atoms with Gasteiger partial charge in [-0.2, -0.15) is 0 Å². The van der Waals surface area contributed by atoms with E-state index in [1.54, 1.807) is 18.2 Å². The van der Waals surface area contributed by atoms with Gasteiger partial charge in [0.05, 0.1) is 21.0 Å². The monoisotopic (exact) mass is 377 g/mol. The molecule has 0 aliphatic rings. The van der Waals surface area contributed by atoms with Gasteiger partial charge in [-0.15, -0.1) is 11.3 Å². The van der Waals surface area contributed by atoms with Crippen LogP contribution in [0.3, 0.4) is 0 Å². The van der Waals surface area contributed by atoms with Gasteiger partial charge in [0.2, 0.25) is 0 Å². The van der Waals surface area contributed by atoms with Crippen molar-refractivity contribution < 1.29 is 4.79 Å². The van der Waals surface area contributed by atoms with Gasteiger partial charge in [0.1, 0.15) is 0 Å². The van der Waals surface area contributed by atoms with Crippen LogP contribution in [0.4, 0.5) is 0 Å². The van der Waals surface area contributed by atoms with E-state index in [4.69, 9.17) is 23.2 Å². The summed E-state index contributed by atoms with van der Waals surface area (Å²) in [5.74, 6) is -0.205. The zero-order valence-corrected chi connectivity index (χ0v) is 13.8. The molecule has 1 N–H and O–H groups in total. The number of amides is 1. The van der Waals surface area contributed by atoms with Crippen molar-refractivity contribution in [3.05, 3.63) is 54.6 Å². The molecule has 100 valence electrons. The third kappa shape index (κ3) is 3.51. The Morgan fingerprint density at radius 1 is 1.32 bits per heavy atom. The summed E-state index contributed by atoms with van der Waals surface area (Å²) in [6.45, 7) is 1.91. The molecule has 0 saturated heterocycles. The van der Waals surface area contributed by atoms with Crippen LogP contribution < -0.4 is 5.32 Å². The highest BCUT2D eigenvalue weighted by molar-refractivity contribution is 9.10. The molecule has 0 spiro atoms. The molecule has 1 aromatic carbocycles. The number of halogens is 3. The van der Waals surface area contributed by atoms with Gasteiger partial charge in [-0.3, -0.25) is 4.79 Å². The fourth-order valence-corrected chi connectivity index (χ4v) is 3.23. The highest BCUT2D eigenvalue weighted by Gasteiger charge is 2.16. The summed E-state index contributed by atoms with van der Waals surface area (Å²) in [6.07, 6.45) is 0. The minimum Gasteiger partial charge on any atom is -0.345 e. The molecule has 0 aliphatic carbocycles. The lowest BCUT2D eigenvalue weighted by Gasteiger charge is -2.13. The second kappa shape index (κ2) is 6.27. The van der Waals surface area contributed by atoms with E-state index in [9.17, 15) is 4.79 Å². The first-order chi connectivity index (χ1) is 8.99. The maximum absolute atomic E-state index is 12.2. The Morgan fingerprint density at radius 3 is 2.68 bits per heavy atom. The Hall–Kier alpha value is -0.550. The zero-order chi connectivity index (χ0) is 14.0. The van der Waals surface area contributed by atoms with Crippen molar-refractivity contribution in [2.45, 2.75) is 13.0 Å². The summed E-state index contributed by atoms with van der Waals surface area (Å²) in [4.78, 5) is 13.2. The predicted octanol–water partition coefficient (Wildman–Crippen LogP) is 5.31. The lowest BCUT2D eigenvalue weighted by molar-refractivity contribution is 0.0940. The summed E-state index contributed by atoms with van der Waals surface area (Å²) < 4.78 is 1.41. The van der Waals surface area contributed by atoms with Gasteiger partial charge in [-0.1, -0.05) is 29.3 Å². The van der Waals surface area contributed by atoms with E-state index in [1.807, 2.05) is 19.1 Å². The zero-order valence-electron chi connectivity index (χ0n) is 9.91. The molecule has 19 heavy (non-hydrogen) atoms. The summed E-state index contributed by atoms with van der Waals surface area (Å²) in [6, 6.07) is 8.87. The largest absolute Gasteiger partial charge is 0.345 e. The molecule has 0 aliphatic heterocycles. The highest BCUT2D eigenvalue weighted by Crippen LogP contribution is 2.29. The van der Waals surface area contributed by atoms with Crippen LogP contribution >= 0.6 is 50.5 Å². The topological polar surface area (TPSA) is 29.1 Å². The van der Waals surface area contributed by atoms with E-state index in [-0.39, 0.29) is 11.9 Å². The molecule has 2 nitrogen and oxygen atoms in total. The highest BCUT2D eigenvalue weighted by atomic mass is 79.9. The van der Waals surface area contributed by atoms with Crippen molar-refractivity contribution >= 4 is 56.4 Å². The first-order valence-corrected chi connectivity index (χ1v) is 7.85. The van der Waals surface area contributed by atoms with Gasteiger partial charge in [-0.25, -0.2) is 0 Å². The lowest BCUT2D eigenvalue weighted by atomic mass is 10.2. The fraction of sp³-hybridized carbons (Fsp3) is 0.154. The molecule has 2 aromatic rings. The Bertz CT molecular complexity index is 614. The van der Waals surface area contributed by atoms with Gasteiger partial charge < -0.3 is 5.32 Å². The van der Waals surface area contributed by atoms with E-state index in [0.717, 1.165) is 4.88 Å². The first-order valence-electron chi connectivity index (χ1n) is 5.49. The molecule has 1 unspecified atom stereocenters. The molecule has 2 rings (SSSR count). The average Bonchev–Trinajstić information content (AvgIpc) is 2.79. The van der Waals surface area contributed by atoms with Crippen molar-refractivity contribution in [1.29, 1.82) is 0 Å². The van der Waals surface area contributed by atoms with E-state index >= 15 is 0 Å². The van der Waals surface area contributed by atoms with E-state index in [1.165, 1.54) is 11.3 Å². The standard InChI is InChI=1S/C13H10BrCl2NOS/c1-7(10-5-6-11(15)19-10)17-13(18)8-3-2-4-9(14)12(8)16/h2-7H,1H3,(H,17,18). The quantitative estimate of drug-likeness (QED) is 0.770. The average molecular weight is 379 g/mol. The van der Waals surface area contributed by atoms with Crippen molar-refractivity contribution in [2.24, 2.45) is 0 Å². The Morgan fingerprint density at radius 2 is 2.05 bits per heavy atom. The van der Waals surface area contributed by atoms with E-state index in [0.29, 0.717) is 19.4 Å². The predicted molar refractivity (Wildman–Crippen MR) is 84.4 cm³/mol. The minimum atomic E-state index is -0.205. The molecule has 0 saturated carbocycles. The second-order valence-corrected chi connectivity index (χ2v) is 6.92. The van der Waals surface area contributed by atoms with Crippen LogP contribution in [0.1, 0.15) is 28.2 Å². The maximum atomic E-state index is 12.2. The molecule has 0 bridgehead atoms. The minimum absolute atomic E-state index is 0.111. The molecule has 0 radical (unpaired) electrons. The summed E-state index contributed by atoms with van der Waals surface area (Å²) in [7, 11) is 0. The third-order valence-corrected chi connectivity index (χ3v) is 5.27.